The molecule has 4 atom stereocenters. The highest BCUT2D eigenvalue weighted by molar-refractivity contribution is 5.50. The predicted molar refractivity (Wildman–Crippen MR) is 85.4 cm³/mol. The molecule has 4 unspecified atom stereocenters. The van der Waals surface area contributed by atoms with Crippen LogP contribution in [0.5, 0.6) is 0 Å². The largest absolute Gasteiger partial charge is 0.0742 e. The van der Waals surface area contributed by atoms with Crippen molar-refractivity contribution in [2.24, 2.45) is 33.5 Å². The van der Waals surface area contributed by atoms with E-state index in [4.69, 9.17) is 0 Å². The number of hydrogen-bond acceptors (Lipinski definition) is 0. The summed E-state index contributed by atoms with van der Waals surface area (Å²) in [6.07, 6.45) is 11.0. The van der Waals surface area contributed by atoms with Crippen LogP contribution >= 0.6 is 0 Å². The Morgan fingerprint density at radius 2 is 1.05 bits per heavy atom. The van der Waals surface area contributed by atoms with Crippen molar-refractivity contribution >= 4 is 0 Å². The van der Waals surface area contributed by atoms with Crippen LogP contribution in [0, 0.1) is 33.5 Å². The molecule has 2 saturated carbocycles. The zero-order valence-corrected chi connectivity index (χ0v) is 14.1. The zero-order chi connectivity index (χ0) is 14.6. The predicted octanol–water partition coefficient (Wildman–Crippen LogP) is 5.75. The molecule has 2 fully saturated rings. The van der Waals surface area contributed by atoms with E-state index in [-0.39, 0.29) is 0 Å². The maximum absolute atomic E-state index is 2.69. The van der Waals surface area contributed by atoms with Crippen molar-refractivity contribution in [3.63, 3.8) is 0 Å². The minimum atomic E-state index is 0.445. The van der Waals surface area contributed by atoms with Gasteiger partial charge in [-0.15, -0.1) is 0 Å². The third-order valence-electron chi connectivity index (χ3n) is 8.62. The molecule has 0 aliphatic heterocycles. The third-order valence-corrected chi connectivity index (χ3v) is 8.62. The SMILES string of the molecule is CC12C=C(C3=CC4(C)CCC3C4(C)C)C(CC1)C2(C)C. The van der Waals surface area contributed by atoms with Gasteiger partial charge in [0.1, 0.15) is 0 Å². The van der Waals surface area contributed by atoms with Crippen LogP contribution < -0.4 is 0 Å². The Morgan fingerprint density at radius 1 is 0.700 bits per heavy atom. The van der Waals surface area contributed by atoms with E-state index in [1.807, 2.05) is 0 Å². The minimum Gasteiger partial charge on any atom is -0.0742 e. The van der Waals surface area contributed by atoms with Crippen LogP contribution in [0.4, 0.5) is 0 Å². The van der Waals surface area contributed by atoms with E-state index in [2.05, 4.69) is 53.7 Å². The Morgan fingerprint density at radius 3 is 1.25 bits per heavy atom. The first-order valence-corrected chi connectivity index (χ1v) is 8.58. The molecule has 4 rings (SSSR count). The van der Waals surface area contributed by atoms with Gasteiger partial charge in [0.15, 0.2) is 0 Å². The number of allylic oxidation sites excluding steroid dienone is 4. The highest BCUT2D eigenvalue weighted by Gasteiger charge is 2.61. The average Bonchev–Trinajstić information content (AvgIpc) is 2.87. The lowest BCUT2D eigenvalue weighted by Gasteiger charge is -2.35. The Hall–Kier alpha value is -0.520. The van der Waals surface area contributed by atoms with Crippen molar-refractivity contribution in [1.29, 1.82) is 0 Å². The summed E-state index contributed by atoms with van der Waals surface area (Å²) in [6, 6.07) is 0. The fourth-order valence-electron chi connectivity index (χ4n) is 6.11. The number of rotatable bonds is 1. The Balaban J connectivity index is 1.80. The monoisotopic (exact) mass is 270 g/mol. The molecular weight excluding hydrogens is 240 g/mol. The minimum absolute atomic E-state index is 0.445. The van der Waals surface area contributed by atoms with Gasteiger partial charge in [0, 0.05) is 0 Å². The van der Waals surface area contributed by atoms with Crippen molar-refractivity contribution < 1.29 is 0 Å². The maximum atomic E-state index is 2.69. The lowest BCUT2D eigenvalue weighted by molar-refractivity contribution is 0.174. The molecule has 0 amide bonds. The van der Waals surface area contributed by atoms with Gasteiger partial charge in [-0.1, -0.05) is 53.7 Å². The van der Waals surface area contributed by atoms with E-state index in [1.54, 1.807) is 11.1 Å². The summed E-state index contributed by atoms with van der Waals surface area (Å²) < 4.78 is 0. The Kier molecular flexibility index (Phi) is 2.16. The normalized spacial score (nSPS) is 50.5. The third kappa shape index (κ3) is 1.18. The lowest BCUT2D eigenvalue weighted by Crippen LogP contribution is -2.28. The molecular formula is C20H30. The van der Waals surface area contributed by atoms with Gasteiger partial charge in [0.25, 0.3) is 0 Å². The second-order valence-corrected chi connectivity index (χ2v) is 9.66. The molecule has 0 aromatic rings. The summed E-state index contributed by atoms with van der Waals surface area (Å²) in [5.41, 5.74) is 5.34. The van der Waals surface area contributed by atoms with Gasteiger partial charge >= 0.3 is 0 Å². The summed E-state index contributed by atoms with van der Waals surface area (Å²) in [5, 5.41) is 0. The molecule has 110 valence electrons. The van der Waals surface area contributed by atoms with Gasteiger partial charge in [-0.05, 0) is 70.3 Å². The van der Waals surface area contributed by atoms with Crippen molar-refractivity contribution in [1.82, 2.24) is 0 Å². The van der Waals surface area contributed by atoms with E-state index >= 15 is 0 Å². The molecule has 4 aliphatic carbocycles. The summed E-state index contributed by atoms with van der Waals surface area (Å²) in [4.78, 5) is 0. The van der Waals surface area contributed by atoms with Gasteiger partial charge in [0.2, 0.25) is 0 Å². The molecule has 0 saturated heterocycles. The van der Waals surface area contributed by atoms with Gasteiger partial charge < -0.3 is 0 Å². The van der Waals surface area contributed by atoms with Gasteiger partial charge in [-0.25, -0.2) is 0 Å². The second-order valence-electron chi connectivity index (χ2n) is 9.66. The molecule has 20 heavy (non-hydrogen) atoms. The van der Waals surface area contributed by atoms with Crippen molar-refractivity contribution in [3.05, 3.63) is 23.3 Å². The highest BCUT2D eigenvalue weighted by atomic mass is 14.7. The zero-order valence-electron chi connectivity index (χ0n) is 14.1. The highest BCUT2D eigenvalue weighted by Crippen LogP contribution is 2.71. The van der Waals surface area contributed by atoms with E-state index in [1.165, 1.54) is 25.7 Å². The van der Waals surface area contributed by atoms with E-state index < -0.39 is 0 Å². The topological polar surface area (TPSA) is 0 Å². The second kappa shape index (κ2) is 3.28. The van der Waals surface area contributed by atoms with Crippen LogP contribution in [0.15, 0.2) is 23.3 Å². The van der Waals surface area contributed by atoms with Crippen molar-refractivity contribution in [2.45, 2.75) is 67.2 Å². The van der Waals surface area contributed by atoms with Crippen molar-refractivity contribution in [2.75, 3.05) is 0 Å². The Bertz CT molecular complexity index is 494. The van der Waals surface area contributed by atoms with Crippen LogP contribution in [-0.2, 0) is 0 Å². The Labute approximate surface area is 124 Å². The molecule has 4 aliphatic rings. The molecule has 0 aromatic heterocycles. The summed E-state index contributed by atoms with van der Waals surface area (Å²) in [5.74, 6) is 1.63. The van der Waals surface area contributed by atoms with Crippen molar-refractivity contribution in [3.8, 4) is 0 Å². The molecule has 0 heteroatoms. The fraction of sp³-hybridized carbons (Fsp3) is 0.800. The maximum Gasteiger partial charge on any atom is -0.00833 e. The summed E-state index contributed by atoms with van der Waals surface area (Å²) in [7, 11) is 0. The van der Waals surface area contributed by atoms with Gasteiger partial charge in [0.05, 0.1) is 0 Å². The summed E-state index contributed by atoms with van der Waals surface area (Å²) >= 11 is 0. The molecule has 0 heterocycles. The van der Waals surface area contributed by atoms with Gasteiger partial charge in [-0.3, -0.25) is 0 Å². The fourth-order valence-corrected chi connectivity index (χ4v) is 6.11. The molecule has 4 bridgehead atoms. The smallest absolute Gasteiger partial charge is 0.00833 e. The number of hydrogen-bond donors (Lipinski definition) is 0. The first-order valence-electron chi connectivity index (χ1n) is 8.58. The summed E-state index contributed by atoms with van der Waals surface area (Å²) in [6.45, 7) is 15.0. The lowest BCUT2D eigenvalue weighted by atomic mass is 9.69. The number of fused-ring (bicyclic) bond motifs is 4. The molecule has 0 radical (unpaired) electrons. The van der Waals surface area contributed by atoms with Crippen LogP contribution in [0.2, 0.25) is 0 Å². The van der Waals surface area contributed by atoms with Gasteiger partial charge in [-0.2, -0.15) is 0 Å². The standard InChI is InChI=1S/C20H30/c1-17(2)15-7-9-19(17,5)11-13(15)14-12-20(6)10-8-16(14)18(20,3)4/h11-12,15-16H,7-10H2,1-6H3. The molecule has 0 nitrogen and oxygen atoms in total. The first-order chi connectivity index (χ1) is 9.12. The van der Waals surface area contributed by atoms with E-state index in [0.29, 0.717) is 21.7 Å². The van der Waals surface area contributed by atoms with Crippen LogP contribution in [-0.4, -0.2) is 0 Å². The van der Waals surface area contributed by atoms with E-state index in [0.717, 1.165) is 11.8 Å². The molecule has 0 N–H and O–H groups in total. The quantitative estimate of drug-likeness (QED) is 0.569. The van der Waals surface area contributed by atoms with Crippen LogP contribution in [0.3, 0.4) is 0 Å². The average molecular weight is 270 g/mol. The van der Waals surface area contributed by atoms with Crippen LogP contribution in [0.1, 0.15) is 67.2 Å². The van der Waals surface area contributed by atoms with E-state index in [9.17, 15) is 0 Å². The first kappa shape index (κ1) is 13.2. The molecule has 0 spiro atoms. The molecule has 0 aromatic carbocycles. The van der Waals surface area contributed by atoms with Crippen LogP contribution in [0.25, 0.3) is 0 Å².